The Morgan fingerprint density at radius 3 is 2.63 bits per heavy atom. The molecule has 6 nitrogen and oxygen atoms in total. The fourth-order valence-electron chi connectivity index (χ4n) is 5.08. The second-order valence-corrected chi connectivity index (χ2v) is 9.06. The summed E-state index contributed by atoms with van der Waals surface area (Å²) in [6.07, 6.45) is 1.79. The van der Waals surface area contributed by atoms with E-state index in [1.165, 1.54) is 6.07 Å². The fraction of sp³-hybridized carbons (Fsp3) is 0.185. The highest BCUT2D eigenvalue weighted by atomic mass is 32.1. The Bertz CT molecular complexity index is 1440. The van der Waals surface area contributed by atoms with Crippen LogP contribution in [0.2, 0.25) is 0 Å². The van der Waals surface area contributed by atoms with E-state index in [9.17, 15) is 4.39 Å². The van der Waals surface area contributed by atoms with Gasteiger partial charge in [-0.05, 0) is 80.2 Å². The Morgan fingerprint density at radius 1 is 0.971 bits per heavy atom. The first-order chi connectivity index (χ1) is 17.0. The summed E-state index contributed by atoms with van der Waals surface area (Å²) in [5.41, 5.74) is 5.66. The molecule has 0 bridgehead atoms. The van der Waals surface area contributed by atoms with Gasteiger partial charge in [-0.2, -0.15) is 0 Å². The fourth-order valence-corrected chi connectivity index (χ4v) is 5.43. The molecule has 2 aliphatic heterocycles. The summed E-state index contributed by atoms with van der Waals surface area (Å²) < 4.78 is 27.3. The average molecular weight is 487 g/mol. The molecule has 35 heavy (non-hydrogen) atoms. The molecule has 4 heterocycles. The Hall–Kier alpha value is -3.91. The van der Waals surface area contributed by atoms with Gasteiger partial charge in [0.25, 0.3) is 0 Å². The van der Waals surface area contributed by atoms with Crippen LogP contribution in [0.3, 0.4) is 0 Å². The third-order valence-electron chi connectivity index (χ3n) is 6.59. The summed E-state index contributed by atoms with van der Waals surface area (Å²) in [5, 5.41) is 4.09. The highest BCUT2D eigenvalue weighted by molar-refractivity contribution is 7.80. The molecule has 4 aromatic rings. The maximum Gasteiger partial charge on any atom is 0.231 e. The Kier molecular flexibility index (Phi) is 5.18. The Morgan fingerprint density at radius 2 is 1.83 bits per heavy atom. The van der Waals surface area contributed by atoms with Gasteiger partial charge in [0.1, 0.15) is 5.82 Å². The number of aromatic nitrogens is 2. The number of nitrogens with zero attached hydrogens (tertiary/aromatic N) is 3. The third kappa shape index (κ3) is 3.61. The van der Waals surface area contributed by atoms with Gasteiger partial charge in [0.05, 0.1) is 17.8 Å². The van der Waals surface area contributed by atoms with E-state index in [0.29, 0.717) is 16.6 Å². The zero-order valence-corrected chi connectivity index (χ0v) is 20.1. The lowest BCUT2D eigenvalue weighted by Gasteiger charge is -2.28. The molecule has 2 atom stereocenters. The van der Waals surface area contributed by atoms with Gasteiger partial charge in [-0.3, -0.25) is 4.98 Å². The summed E-state index contributed by atoms with van der Waals surface area (Å²) in [4.78, 5) is 6.74. The van der Waals surface area contributed by atoms with Crippen LogP contribution in [0, 0.1) is 19.7 Å². The van der Waals surface area contributed by atoms with Gasteiger partial charge in [0.2, 0.25) is 6.79 Å². The molecule has 1 N–H and O–H groups in total. The number of aryl methyl sites for hydroxylation is 1. The molecule has 8 heteroatoms. The zero-order valence-electron chi connectivity index (χ0n) is 19.2. The number of halogens is 1. The van der Waals surface area contributed by atoms with Gasteiger partial charge in [0, 0.05) is 35.0 Å². The lowest BCUT2D eigenvalue weighted by Crippen LogP contribution is -2.29. The van der Waals surface area contributed by atoms with Gasteiger partial charge < -0.3 is 24.3 Å². The van der Waals surface area contributed by atoms with Crippen LogP contribution >= 0.6 is 12.2 Å². The van der Waals surface area contributed by atoms with E-state index in [1.807, 2.05) is 49.4 Å². The van der Waals surface area contributed by atoms with Crippen molar-refractivity contribution in [3.63, 3.8) is 0 Å². The van der Waals surface area contributed by atoms with E-state index in [-0.39, 0.29) is 24.7 Å². The molecule has 1 saturated heterocycles. The van der Waals surface area contributed by atoms with Crippen LogP contribution in [0.4, 0.5) is 10.1 Å². The van der Waals surface area contributed by atoms with E-state index in [4.69, 9.17) is 21.7 Å². The van der Waals surface area contributed by atoms with Crippen LogP contribution in [-0.2, 0) is 0 Å². The highest BCUT2D eigenvalue weighted by Crippen LogP contribution is 2.46. The number of thiocarbonyl (C=S) groups is 1. The minimum Gasteiger partial charge on any atom is -0.454 e. The summed E-state index contributed by atoms with van der Waals surface area (Å²) in [7, 11) is 0. The van der Waals surface area contributed by atoms with Crippen molar-refractivity contribution in [2.75, 3.05) is 11.7 Å². The van der Waals surface area contributed by atoms with E-state index in [1.54, 1.807) is 18.3 Å². The molecule has 6 rings (SSSR count). The molecular weight excluding hydrogens is 463 g/mol. The predicted molar refractivity (Wildman–Crippen MR) is 136 cm³/mol. The Balaban J connectivity index is 1.51. The average Bonchev–Trinajstić information content (AvgIpc) is 3.54. The Labute approximate surface area is 207 Å². The number of nitrogens with one attached hydrogen (secondary N) is 1. The van der Waals surface area contributed by atoms with Gasteiger partial charge in [-0.15, -0.1) is 0 Å². The molecule has 2 aromatic heterocycles. The number of benzene rings is 2. The van der Waals surface area contributed by atoms with Crippen molar-refractivity contribution in [2.24, 2.45) is 0 Å². The number of rotatable bonds is 4. The lowest BCUT2D eigenvalue weighted by atomic mass is 9.96. The molecule has 0 spiro atoms. The molecule has 2 aromatic carbocycles. The van der Waals surface area contributed by atoms with Gasteiger partial charge >= 0.3 is 0 Å². The minimum atomic E-state index is -0.270. The summed E-state index contributed by atoms with van der Waals surface area (Å²) in [6, 6.07) is 20.1. The first-order valence-corrected chi connectivity index (χ1v) is 11.8. The summed E-state index contributed by atoms with van der Waals surface area (Å²) in [5.74, 6) is 1.14. The van der Waals surface area contributed by atoms with Crippen LogP contribution in [0.1, 0.15) is 34.7 Å². The van der Waals surface area contributed by atoms with Crippen molar-refractivity contribution in [3.8, 4) is 17.2 Å². The second kappa shape index (κ2) is 8.39. The van der Waals surface area contributed by atoms with E-state index in [0.717, 1.165) is 34.0 Å². The van der Waals surface area contributed by atoms with Crippen LogP contribution < -0.4 is 19.7 Å². The maximum absolute atomic E-state index is 14.1. The first-order valence-electron chi connectivity index (χ1n) is 11.4. The lowest BCUT2D eigenvalue weighted by molar-refractivity contribution is 0.174. The first kappa shape index (κ1) is 21.6. The number of anilines is 1. The normalized spacial score (nSPS) is 18.7. The molecule has 176 valence electrons. The molecule has 2 aliphatic rings. The molecule has 0 aliphatic carbocycles. The second-order valence-electron chi connectivity index (χ2n) is 8.68. The number of hydrogen-bond acceptors (Lipinski definition) is 4. The SMILES string of the molecule is Cc1cc([C@H]2[C@@H](c3ccccn3)NC(=S)N2c2ccc3c(c2)OCO3)c(C)n1-c1cccc(F)c1. The van der Waals surface area contributed by atoms with E-state index in [2.05, 4.69) is 32.8 Å². The van der Waals surface area contributed by atoms with E-state index >= 15 is 0 Å². The third-order valence-corrected chi connectivity index (χ3v) is 6.90. The van der Waals surface area contributed by atoms with Crippen molar-refractivity contribution in [1.82, 2.24) is 14.9 Å². The summed E-state index contributed by atoms with van der Waals surface area (Å²) in [6.45, 7) is 4.29. The van der Waals surface area contributed by atoms with Crippen LogP contribution in [0.5, 0.6) is 11.5 Å². The number of hydrogen-bond donors (Lipinski definition) is 1. The number of fused-ring (bicyclic) bond motifs is 1. The summed E-state index contributed by atoms with van der Waals surface area (Å²) >= 11 is 5.86. The standard InChI is InChI=1S/C27H23FN4O2S/c1-16-12-21(17(2)31(16)19-7-5-6-18(28)13-19)26-25(22-8-3-4-11-29-22)30-27(35)32(26)20-9-10-23-24(14-20)34-15-33-23/h3-14,25-26H,15H2,1-2H3,(H,30,35)/t25-,26+/m1/s1. The largest absolute Gasteiger partial charge is 0.454 e. The topological polar surface area (TPSA) is 51.6 Å². The van der Waals surface area contributed by atoms with Gasteiger partial charge in [-0.25, -0.2) is 4.39 Å². The molecular formula is C27H23FN4O2S. The number of pyridine rings is 1. The predicted octanol–water partition coefficient (Wildman–Crippen LogP) is 5.53. The van der Waals surface area contributed by atoms with Gasteiger partial charge in [0.15, 0.2) is 16.6 Å². The monoisotopic (exact) mass is 486 g/mol. The molecule has 1 fully saturated rings. The molecule has 0 saturated carbocycles. The maximum atomic E-state index is 14.1. The number of ether oxygens (including phenoxy) is 2. The highest BCUT2D eigenvalue weighted by Gasteiger charge is 2.42. The molecule has 0 radical (unpaired) electrons. The van der Waals surface area contributed by atoms with E-state index < -0.39 is 0 Å². The van der Waals surface area contributed by atoms with Crippen molar-refractivity contribution in [1.29, 1.82) is 0 Å². The van der Waals surface area contributed by atoms with Crippen LogP contribution in [0.25, 0.3) is 5.69 Å². The van der Waals surface area contributed by atoms with Crippen molar-refractivity contribution in [2.45, 2.75) is 25.9 Å². The quantitative estimate of drug-likeness (QED) is 0.383. The van der Waals surface area contributed by atoms with Crippen molar-refractivity contribution in [3.05, 3.63) is 101 Å². The zero-order chi connectivity index (χ0) is 24.1. The molecule has 0 unspecified atom stereocenters. The molecule has 0 amide bonds. The van der Waals surface area contributed by atoms with Crippen LogP contribution in [-0.4, -0.2) is 21.5 Å². The van der Waals surface area contributed by atoms with Crippen LogP contribution in [0.15, 0.2) is 72.9 Å². The smallest absolute Gasteiger partial charge is 0.231 e. The minimum absolute atomic E-state index is 0.185. The van der Waals surface area contributed by atoms with Crippen molar-refractivity contribution >= 4 is 23.0 Å². The van der Waals surface area contributed by atoms with Gasteiger partial charge in [-0.1, -0.05) is 12.1 Å². The van der Waals surface area contributed by atoms with Crippen molar-refractivity contribution < 1.29 is 13.9 Å².